The Morgan fingerprint density at radius 1 is 0.967 bits per heavy atom. The normalized spacial score (nSPS) is 14.7. The minimum atomic E-state index is -0.0293. The molecule has 1 N–H and O–H groups in total. The van der Waals surface area contributed by atoms with E-state index in [0.717, 1.165) is 48.2 Å². The Bertz CT molecular complexity index is 1150. The number of amides is 1. The van der Waals surface area contributed by atoms with Crippen LogP contribution in [0.25, 0.3) is 22.2 Å². The standard InChI is InChI=1S/C24H22N4O2/c29-24(27-19-8-14-28(15-9-19)20-5-11-25-12-6-20)18-3-1-17(2-4-18)23-21-10-16-30-22(21)7-13-26-23/h1-7,10-13,16,19H,8-9,14-15H2,(H,27,29). The number of aromatic nitrogens is 2. The molecule has 1 aliphatic rings. The monoisotopic (exact) mass is 398 g/mol. The SMILES string of the molecule is O=C(NC1CCN(c2ccncc2)CC1)c1ccc(-c2nccc3occc23)cc1. The van der Waals surface area contributed by atoms with Crippen LogP contribution in [-0.4, -0.2) is 35.0 Å². The first-order valence-electron chi connectivity index (χ1n) is 10.2. The molecule has 1 aliphatic heterocycles. The molecule has 150 valence electrons. The number of benzene rings is 1. The van der Waals surface area contributed by atoms with E-state index in [1.165, 1.54) is 5.69 Å². The van der Waals surface area contributed by atoms with Crippen molar-refractivity contribution in [1.82, 2.24) is 15.3 Å². The van der Waals surface area contributed by atoms with E-state index in [4.69, 9.17) is 4.42 Å². The molecule has 5 rings (SSSR count). The Kier molecular flexibility index (Phi) is 4.89. The number of hydrogen-bond acceptors (Lipinski definition) is 5. The van der Waals surface area contributed by atoms with Crippen LogP contribution in [0.5, 0.6) is 0 Å². The topological polar surface area (TPSA) is 71.3 Å². The van der Waals surface area contributed by atoms with Crippen LogP contribution in [0.15, 0.2) is 77.8 Å². The van der Waals surface area contributed by atoms with E-state index in [0.29, 0.717) is 5.56 Å². The summed E-state index contributed by atoms with van der Waals surface area (Å²) in [4.78, 5) is 23.6. The lowest BCUT2D eigenvalue weighted by Crippen LogP contribution is -2.44. The molecular formula is C24H22N4O2. The Morgan fingerprint density at radius 3 is 2.50 bits per heavy atom. The fourth-order valence-electron chi connectivity index (χ4n) is 4.01. The number of furan rings is 1. The predicted octanol–water partition coefficient (Wildman–Crippen LogP) is 4.29. The van der Waals surface area contributed by atoms with Crippen molar-refractivity contribution in [2.75, 3.05) is 18.0 Å². The highest BCUT2D eigenvalue weighted by atomic mass is 16.3. The predicted molar refractivity (Wildman–Crippen MR) is 116 cm³/mol. The molecule has 0 radical (unpaired) electrons. The number of carbonyl (C=O) groups excluding carboxylic acids is 1. The van der Waals surface area contributed by atoms with E-state index in [-0.39, 0.29) is 11.9 Å². The summed E-state index contributed by atoms with van der Waals surface area (Å²) in [5, 5.41) is 4.15. The first kappa shape index (κ1) is 18.4. The maximum Gasteiger partial charge on any atom is 0.251 e. The minimum absolute atomic E-state index is 0.0293. The van der Waals surface area contributed by atoms with Gasteiger partial charge in [0.2, 0.25) is 0 Å². The summed E-state index contributed by atoms with van der Waals surface area (Å²) >= 11 is 0. The van der Waals surface area contributed by atoms with Crippen molar-refractivity contribution in [3.8, 4) is 11.3 Å². The lowest BCUT2D eigenvalue weighted by molar-refractivity contribution is 0.0931. The lowest BCUT2D eigenvalue weighted by Gasteiger charge is -2.33. The number of carbonyl (C=O) groups is 1. The van der Waals surface area contributed by atoms with Crippen LogP contribution in [0.2, 0.25) is 0 Å². The van der Waals surface area contributed by atoms with Crippen LogP contribution in [0.1, 0.15) is 23.2 Å². The number of nitrogens with zero attached hydrogens (tertiary/aromatic N) is 3. The third kappa shape index (κ3) is 3.64. The summed E-state index contributed by atoms with van der Waals surface area (Å²) in [5.41, 5.74) is 4.47. The number of nitrogens with one attached hydrogen (secondary N) is 1. The van der Waals surface area contributed by atoms with Gasteiger partial charge in [-0.3, -0.25) is 14.8 Å². The van der Waals surface area contributed by atoms with Gasteiger partial charge in [-0.2, -0.15) is 0 Å². The van der Waals surface area contributed by atoms with Gasteiger partial charge in [0.1, 0.15) is 5.58 Å². The molecule has 4 aromatic rings. The van der Waals surface area contributed by atoms with Crippen molar-refractivity contribution in [2.24, 2.45) is 0 Å². The molecule has 0 bridgehead atoms. The Hall–Kier alpha value is -3.67. The summed E-state index contributed by atoms with van der Waals surface area (Å²) < 4.78 is 5.45. The lowest BCUT2D eigenvalue weighted by atomic mass is 10.0. The molecule has 0 saturated carbocycles. The second-order valence-electron chi connectivity index (χ2n) is 7.51. The van der Waals surface area contributed by atoms with E-state index in [2.05, 4.69) is 20.2 Å². The molecule has 0 unspecified atom stereocenters. The van der Waals surface area contributed by atoms with Gasteiger partial charge in [-0.1, -0.05) is 12.1 Å². The molecule has 1 aromatic carbocycles. The van der Waals surface area contributed by atoms with Gasteiger partial charge in [0.15, 0.2) is 0 Å². The second kappa shape index (κ2) is 7.99. The van der Waals surface area contributed by atoms with Crippen LogP contribution >= 0.6 is 0 Å². The highest BCUT2D eigenvalue weighted by Crippen LogP contribution is 2.27. The number of rotatable bonds is 4. The Morgan fingerprint density at radius 2 is 1.73 bits per heavy atom. The van der Waals surface area contributed by atoms with Gasteiger partial charge in [-0.25, -0.2) is 0 Å². The summed E-state index contributed by atoms with van der Waals surface area (Å²) in [7, 11) is 0. The third-order valence-corrected chi connectivity index (χ3v) is 5.66. The van der Waals surface area contributed by atoms with Gasteiger partial charge < -0.3 is 14.6 Å². The van der Waals surface area contributed by atoms with Crippen LogP contribution in [0.4, 0.5) is 5.69 Å². The van der Waals surface area contributed by atoms with Crippen LogP contribution in [0.3, 0.4) is 0 Å². The second-order valence-corrected chi connectivity index (χ2v) is 7.51. The molecule has 0 atom stereocenters. The fraction of sp³-hybridized carbons (Fsp3) is 0.208. The Balaban J connectivity index is 1.23. The Labute approximate surface area is 174 Å². The number of pyridine rings is 2. The highest BCUT2D eigenvalue weighted by molar-refractivity contribution is 5.96. The summed E-state index contributed by atoms with van der Waals surface area (Å²) in [6.07, 6.45) is 8.89. The zero-order chi connectivity index (χ0) is 20.3. The van der Waals surface area contributed by atoms with Crippen LogP contribution in [0, 0.1) is 0 Å². The smallest absolute Gasteiger partial charge is 0.251 e. The van der Waals surface area contributed by atoms with Crippen molar-refractivity contribution in [3.63, 3.8) is 0 Å². The molecule has 1 saturated heterocycles. The van der Waals surface area contributed by atoms with Crippen molar-refractivity contribution >= 4 is 22.6 Å². The maximum absolute atomic E-state index is 12.7. The van der Waals surface area contributed by atoms with E-state index in [1.54, 1.807) is 12.5 Å². The van der Waals surface area contributed by atoms with Gasteiger partial charge >= 0.3 is 0 Å². The third-order valence-electron chi connectivity index (χ3n) is 5.66. The average molecular weight is 398 g/mol. The molecule has 1 amide bonds. The van der Waals surface area contributed by atoms with Crippen molar-refractivity contribution in [1.29, 1.82) is 0 Å². The molecule has 6 nitrogen and oxygen atoms in total. The van der Waals surface area contributed by atoms with E-state index < -0.39 is 0 Å². The number of hydrogen-bond donors (Lipinski definition) is 1. The van der Waals surface area contributed by atoms with Gasteiger partial charge in [-0.05, 0) is 49.2 Å². The minimum Gasteiger partial charge on any atom is -0.464 e. The van der Waals surface area contributed by atoms with Gasteiger partial charge in [-0.15, -0.1) is 0 Å². The maximum atomic E-state index is 12.7. The van der Waals surface area contributed by atoms with Gasteiger partial charge in [0, 0.05) is 59.9 Å². The molecule has 6 heteroatoms. The van der Waals surface area contributed by atoms with Crippen molar-refractivity contribution in [2.45, 2.75) is 18.9 Å². The summed E-state index contributed by atoms with van der Waals surface area (Å²) in [6.45, 7) is 1.85. The average Bonchev–Trinajstić information content (AvgIpc) is 3.29. The van der Waals surface area contributed by atoms with Gasteiger partial charge in [0.05, 0.1) is 12.0 Å². The summed E-state index contributed by atoms with van der Waals surface area (Å²) in [6, 6.07) is 15.6. The molecule has 30 heavy (non-hydrogen) atoms. The van der Waals surface area contributed by atoms with Crippen molar-refractivity contribution < 1.29 is 9.21 Å². The van der Waals surface area contributed by atoms with Crippen molar-refractivity contribution in [3.05, 3.63) is 78.9 Å². The molecule has 0 aliphatic carbocycles. The molecule has 0 spiro atoms. The number of piperidine rings is 1. The van der Waals surface area contributed by atoms with E-state index in [9.17, 15) is 4.79 Å². The van der Waals surface area contributed by atoms with E-state index in [1.807, 2.05) is 60.9 Å². The molecule has 1 fully saturated rings. The number of fused-ring (bicyclic) bond motifs is 1. The fourth-order valence-corrected chi connectivity index (χ4v) is 4.01. The van der Waals surface area contributed by atoms with Crippen LogP contribution < -0.4 is 10.2 Å². The summed E-state index contributed by atoms with van der Waals surface area (Å²) in [5.74, 6) is -0.0293. The van der Waals surface area contributed by atoms with E-state index >= 15 is 0 Å². The first-order valence-corrected chi connectivity index (χ1v) is 10.2. The largest absolute Gasteiger partial charge is 0.464 e. The quantitative estimate of drug-likeness (QED) is 0.555. The zero-order valence-corrected chi connectivity index (χ0v) is 16.5. The molecular weight excluding hydrogens is 376 g/mol. The van der Waals surface area contributed by atoms with Gasteiger partial charge in [0.25, 0.3) is 5.91 Å². The molecule has 3 aromatic heterocycles. The molecule has 4 heterocycles. The number of anilines is 1. The van der Waals surface area contributed by atoms with Crippen LogP contribution in [-0.2, 0) is 0 Å². The highest BCUT2D eigenvalue weighted by Gasteiger charge is 2.21. The zero-order valence-electron chi connectivity index (χ0n) is 16.5. The first-order chi connectivity index (χ1) is 14.8.